The number of piperazine rings is 1. The van der Waals surface area contributed by atoms with E-state index in [4.69, 9.17) is 15.5 Å². The molecular weight excluding hydrogens is 682 g/mol. The second-order valence-corrected chi connectivity index (χ2v) is 15.1. The number of thiophene rings is 1. The number of rotatable bonds is 7. The summed E-state index contributed by atoms with van der Waals surface area (Å²) in [6, 6.07) is 4.76. The van der Waals surface area contributed by atoms with Crippen LogP contribution in [0.2, 0.25) is 0 Å². The molecule has 0 radical (unpaired) electrons. The van der Waals surface area contributed by atoms with Crippen LogP contribution in [-0.2, 0) is 6.54 Å². The van der Waals surface area contributed by atoms with Gasteiger partial charge in [0.1, 0.15) is 52.7 Å². The second-order valence-electron chi connectivity index (χ2n) is 14.0. The molecule has 3 N–H and O–H groups in total. The van der Waals surface area contributed by atoms with Crippen LogP contribution in [0, 0.1) is 23.0 Å². The maximum atomic E-state index is 17.6. The zero-order valence-electron chi connectivity index (χ0n) is 27.4. The summed E-state index contributed by atoms with van der Waals surface area (Å²) in [5.74, 6) is -1.26. The van der Waals surface area contributed by atoms with Crippen molar-refractivity contribution in [2.24, 2.45) is 0 Å². The molecule has 2 unspecified atom stereocenters. The molecule has 4 aliphatic rings. The number of fused-ring (bicyclic) bond motifs is 5. The van der Waals surface area contributed by atoms with Gasteiger partial charge in [0.25, 0.3) is 5.56 Å². The summed E-state index contributed by atoms with van der Waals surface area (Å²) in [4.78, 5) is 36.5. The zero-order valence-corrected chi connectivity index (χ0v) is 28.2. The molecule has 8 heterocycles. The van der Waals surface area contributed by atoms with E-state index in [1.165, 1.54) is 35.4 Å². The third kappa shape index (κ3) is 5.20. The van der Waals surface area contributed by atoms with Crippen LogP contribution in [0.1, 0.15) is 43.2 Å². The number of ether oxygens (including phenoxy) is 1. The topological polar surface area (TPSA) is 151 Å². The van der Waals surface area contributed by atoms with E-state index in [2.05, 4.69) is 25.2 Å². The Morgan fingerprint density at radius 2 is 1.90 bits per heavy atom. The van der Waals surface area contributed by atoms with Gasteiger partial charge in [0.05, 0.1) is 28.0 Å². The van der Waals surface area contributed by atoms with Gasteiger partial charge in [0, 0.05) is 67.0 Å². The Morgan fingerprint density at radius 1 is 1.12 bits per heavy atom. The minimum atomic E-state index is -0.969. The minimum Gasteiger partial charge on any atom is -0.461 e. The van der Waals surface area contributed by atoms with Crippen molar-refractivity contribution < 1.29 is 17.9 Å². The van der Waals surface area contributed by atoms with E-state index >= 15 is 8.78 Å². The lowest BCUT2D eigenvalue weighted by Crippen LogP contribution is -2.51. The van der Waals surface area contributed by atoms with Gasteiger partial charge in [0.2, 0.25) is 0 Å². The van der Waals surface area contributed by atoms with E-state index in [1.54, 1.807) is 0 Å². The van der Waals surface area contributed by atoms with Crippen LogP contribution in [0.3, 0.4) is 0 Å². The van der Waals surface area contributed by atoms with Crippen molar-refractivity contribution in [1.29, 1.82) is 5.26 Å². The molecule has 1 aromatic carbocycles. The molecule has 4 fully saturated rings. The number of halogens is 3. The first-order valence-electron chi connectivity index (χ1n) is 17.0. The SMILES string of the molecule is N#Cc1c(N)sc2c(F)ccc(-c3c(F)c4nc(OC[C@@]56CCCN5C[C@H](F)C6)nc(N5CC6CCC(C5)N6)c4c(=O)n3Cc3cncnc3)c12. The van der Waals surface area contributed by atoms with Gasteiger partial charge in [-0.15, -0.1) is 11.3 Å². The van der Waals surface area contributed by atoms with Crippen molar-refractivity contribution in [2.75, 3.05) is 43.4 Å². The van der Waals surface area contributed by atoms with Crippen LogP contribution in [0.4, 0.5) is 24.0 Å². The molecule has 16 heteroatoms. The number of benzene rings is 1. The third-order valence-corrected chi connectivity index (χ3v) is 11.9. The molecule has 4 aromatic heterocycles. The Bertz CT molecular complexity index is 2300. The van der Waals surface area contributed by atoms with Crippen molar-refractivity contribution >= 4 is 43.1 Å². The monoisotopic (exact) mass is 714 g/mol. The second kappa shape index (κ2) is 12.1. The molecule has 51 heavy (non-hydrogen) atoms. The fourth-order valence-corrected chi connectivity index (χ4v) is 9.62. The minimum absolute atomic E-state index is 0.0159. The average molecular weight is 715 g/mol. The van der Waals surface area contributed by atoms with Crippen molar-refractivity contribution in [3.8, 4) is 23.3 Å². The molecule has 262 valence electrons. The highest BCUT2D eigenvalue weighted by atomic mass is 32.1. The molecular formula is C35H33F3N10O2S. The number of anilines is 2. The number of nitriles is 1. The molecule has 9 rings (SSSR count). The standard InChI is InChI=1S/C35H33F3N10O2S/c36-19-8-35(6-1-7-47(35)13-19)16-50-34-44-28-26(32(45-34)46-14-20-2-3-21(15-46)43-20)33(49)48(12-18-10-41-17-42-11-18)29(27(28)38)22-4-5-24(37)30-25(22)23(9-39)31(40)51-30/h4-5,10-11,17,19-21,43H,1-3,6-8,12-16,40H2/t19-,20?,21?,35+/m1/s1. The quantitative estimate of drug-likeness (QED) is 0.250. The third-order valence-electron chi connectivity index (χ3n) is 10.9. The number of hydrogen-bond donors (Lipinski definition) is 2. The van der Waals surface area contributed by atoms with Crippen LogP contribution < -0.4 is 26.2 Å². The summed E-state index contributed by atoms with van der Waals surface area (Å²) in [5.41, 5.74) is 5.18. The van der Waals surface area contributed by atoms with E-state index in [0.29, 0.717) is 31.6 Å². The Morgan fingerprint density at radius 3 is 2.67 bits per heavy atom. The number of nitrogens with one attached hydrogen (secondary N) is 1. The number of nitrogen functional groups attached to an aromatic ring is 1. The number of aromatic nitrogens is 5. The van der Waals surface area contributed by atoms with Crippen LogP contribution in [0.25, 0.3) is 32.2 Å². The van der Waals surface area contributed by atoms with Gasteiger partial charge in [-0.2, -0.15) is 15.2 Å². The number of alkyl halides is 1. The van der Waals surface area contributed by atoms with Crippen LogP contribution in [0.15, 0.2) is 35.6 Å². The highest BCUT2D eigenvalue weighted by Crippen LogP contribution is 2.44. The van der Waals surface area contributed by atoms with Crippen molar-refractivity contribution in [2.45, 2.75) is 62.4 Å². The first-order chi connectivity index (χ1) is 24.7. The van der Waals surface area contributed by atoms with Crippen LogP contribution in [0.5, 0.6) is 6.01 Å². The summed E-state index contributed by atoms with van der Waals surface area (Å²) in [6.07, 6.45) is 7.33. The predicted molar refractivity (Wildman–Crippen MR) is 185 cm³/mol. The summed E-state index contributed by atoms with van der Waals surface area (Å²) in [6.45, 7) is 2.15. The lowest BCUT2D eigenvalue weighted by atomic mass is 9.95. The van der Waals surface area contributed by atoms with Gasteiger partial charge < -0.3 is 25.3 Å². The van der Waals surface area contributed by atoms with Crippen molar-refractivity contribution in [1.82, 2.24) is 34.7 Å². The largest absolute Gasteiger partial charge is 0.461 e. The maximum absolute atomic E-state index is 17.6. The number of pyridine rings is 1. The number of hydrogen-bond acceptors (Lipinski definition) is 12. The van der Waals surface area contributed by atoms with Gasteiger partial charge in [-0.25, -0.2) is 23.1 Å². The maximum Gasteiger partial charge on any atom is 0.319 e. The summed E-state index contributed by atoms with van der Waals surface area (Å²) >= 11 is 0.879. The summed E-state index contributed by atoms with van der Waals surface area (Å²) < 4.78 is 55.0. The molecule has 4 aliphatic heterocycles. The van der Waals surface area contributed by atoms with Gasteiger partial charge >= 0.3 is 6.01 Å². The van der Waals surface area contributed by atoms with Crippen molar-refractivity contribution in [3.63, 3.8) is 0 Å². The van der Waals surface area contributed by atoms with Gasteiger partial charge in [0.15, 0.2) is 5.82 Å². The Kier molecular flexibility index (Phi) is 7.64. The highest BCUT2D eigenvalue weighted by molar-refractivity contribution is 7.23. The zero-order chi connectivity index (χ0) is 35.0. The van der Waals surface area contributed by atoms with Gasteiger partial charge in [-0.1, -0.05) is 0 Å². The highest BCUT2D eigenvalue weighted by Gasteiger charge is 2.49. The van der Waals surface area contributed by atoms with Crippen LogP contribution in [-0.4, -0.2) is 86.0 Å². The molecule has 5 aromatic rings. The smallest absolute Gasteiger partial charge is 0.319 e. The van der Waals surface area contributed by atoms with E-state index in [1.807, 2.05) is 11.0 Å². The van der Waals surface area contributed by atoms with Crippen molar-refractivity contribution in [3.05, 3.63) is 64.0 Å². The molecule has 0 aliphatic carbocycles. The lowest BCUT2D eigenvalue weighted by molar-refractivity contribution is 0.107. The first-order valence-corrected chi connectivity index (χ1v) is 17.9. The summed E-state index contributed by atoms with van der Waals surface area (Å²) in [7, 11) is 0. The molecule has 0 saturated carbocycles. The van der Waals surface area contributed by atoms with Gasteiger partial charge in [-0.3, -0.25) is 9.69 Å². The first kappa shape index (κ1) is 32.1. The lowest BCUT2D eigenvalue weighted by Gasteiger charge is -2.34. The van der Waals surface area contributed by atoms with E-state index in [0.717, 1.165) is 43.6 Å². The molecule has 4 atom stereocenters. The predicted octanol–water partition coefficient (Wildman–Crippen LogP) is 4.14. The fraction of sp³-hybridized carbons (Fsp3) is 0.429. The Hall–Kier alpha value is -4.85. The number of nitrogens with zero attached hydrogens (tertiary/aromatic N) is 8. The molecule has 0 amide bonds. The molecule has 12 nitrogen and oxygen atoms in total. The molecule has 0 spiro atoms. The molecule has 4 saturated heterocycles. The fourth-order valence-electron chi connectivity index (χ4n) is 8.67. The molecule has 2 bridgehead atoms. The average Bonchev–Trinajstić information content (AvgIpc) is 3.87. The normalized spacial score (nSPS) is 24.4. The Balaban J connectivity index is 1.29. The van der Waals surface area contributed by atoms with E-state index < -0.39 is 28.9 Å². The van der Waals surface area contributed by atoms with E-state index in [-0.39, 0.29) is 79.9 Å². The van der Waals surface area contributed by atoms with Crippen LogP contribution >= 0.6 is 11.3 Å². The van der Waals surface area contributed by atoms with Gasteiger partial charge in [-0.05, 0) is 44.4 Å². The van der Waals surface area contributed by atoms with E-state index in [9.17, 15) is 14.4 Å². The Labute approximate surface area is 293 Å². The number of nitrogens with two attached hydrogens (primary N) is 1. The summed E-state index contributed by atoms with van der Waals surface area (Å²) in [5, 5.41) is 13.8.